The predicted molar refractivity (Wildman–Crippen MR) is 101 cm³/mol. The lowest BCUT2D eigenvalue weighted by Gasteiger charge is -2.30. The van der Waals surface area contributed by atoms with Crippen LogP contribution in [0, 0.1) is 0 Å². The summed E-state index contributed by atoms with van der Waals surface area (Å²) in [6, 6.07) is 7.29. The molecule has 3 rings (SSSR count). The first-order valence-electron chi connectivity index (χ1n) is 8.34. The Balaban J connectivity index is 1.74. The average molecular weight is 421 g/mol. The van der Waals surface area contributed by atoms with Gasteiger partial charge in [-0.25, -0.2) is 4.79 Å². The van der Waals surface area contributed by atoms with Gasteiger partial charge in [-0.15, -0.1) is 0 Å². The maximum atomic E-state index is 12.6. The molecular formula is C18H21BrN4O3. The normalized spacial score (nSPS) is 13.9. The third-order valence-electron chi connectivity index (χ3n) is 3.90. The molecule has 2 heterocycles. The molecule has 0 fully saturated rings. The Hall–Kier alpha value is -2.35. The van der Waals surface area contributed by atoms with Crippen LogP contribution in [0.25, 0.3) is 0 Å². The Morgan fingerprint density at radius 3 is 2.62 bits per heavy atom. The minimum atomic E-state index is -0.560. The van der Waals surface area contributed by atoms with E-state index in [0.29, 0.717) is 30.9 Å². The largest absolute Gasteiger partial charge is 0.444 e. The Morgan fingerprint density at radius 1 is 1.27 bits per heavy atom. The zero-order chi connectivity index (χ0) is 18.9. The fourth-order valence-electron chi connectivity index (χ4n) is 2.69. The number of aromatic amines is 1. The first kappa shape index (κ1) is 18.4. The second-order valence-corrected chi connectivity index (χ2v) is 8.06. The fraction of sp³-hybridized carbons (Fsp3) is 0.389. The molecule has 1 aromatic carbocycles. The fourth-order valence-corrected chi connectivity index (χ4v) is 2.95. The zero-order valence-electron chi connectivity index (χ0n) is 14.9. The smallest absolute Gasteiger partial charge is 0.410 e. The third-order valence-corrected chi connectivity index (χ3v) is 4.43. The van der Waals surface area contributed by atoms with Gasteiger partial charge in [0.25, 0.3) is 5.91 Å². The Labute approximate surface area is 160 Å². The van der Waals surface area contributed by atoms with E-state index in [1.807, 2.05) is 32.9 Å². The molecule has 26 heavy (non-hydrogen) atoms. The van der Waals surface area contributed by atoms with Gasteiger partial charge in [-0.05, 0) is 45.0 Å². The first-order chi connectivity index (χ1) is 12.2. The first-order valence-corrected chi connectivity index (χ1v) is 9.13. The number of halogens is 1. The minimum absolute atomic E-state index is 0.295. The monoisotopic (exact) mass is 420 g/mol. The van der Waals surface area contributed by atoms with Crippen LogP contribution < -0.4 is 5.32 Å². The Kier molecular flexibility index (Phi) is 5.04. The number of carbonyl (C=O) groups excluding carboxylic acids is 2. The number of hydrogen-bond acceptors (Lipinski definition) is 4. The number of nitrogens with zero attached hydrogens (tertiary/aromatic N) is 2. The highest BCUT2D eigenvalue weighted by molar-refractivity contribution is 9.10. The van der Waals surface area contributed by atoms with Crippen molar-refractivity contribution in [1.82, 2.24) is 15.1 Å². The molecular weight excluding hydrogens is 400 g/mol. The standard InChI is InChI=1S/C18H21BrN4O3/c1-18(2,3)26-17(25)23-9-8-14-13(10-23)15(22-21-14)16(24)20-12-6-4-11(19)5-7-12/h4-7H,8-10H2,1-3H3,(H,20,24)(H,21,22). The molecule has 0 radical (unpaired) electrons. The molecule has 0 saturated heterocycles. The summed E-state index contributed by atoms with van der Waals surface area (Å²) in [7, 11) is 0. The molecule has 0 bridgehead atoms. The zero-order valence-corrected chi connectivity index (χ0v) is 16.5. The van der Waals surface area contributed by atoms with Crippen molar-refractivity contribution in [3.63, 3.8) is 0 Å². The summed E-state index contributed by atoms with van der Waals surface area (Å²) in [5.41, 5.74) is 2.03. The van der Waals surface area contributed by atoms with Crippen molar-refractivity contribution >= 4 is 33.6 Å². The van der Waals surface area contributed by atoms with Crippen molar-refractivity contribution in [3.8, 4) is 0 Å². The van der Waals surface area contributed by atoms with Crippen molar-refractivity contribution in [2.75, 3.05) is 11.9 Å². The number of benzene rings is 1. The lowest BCUT2D eigenvalue weighted by Crippen LogP contribution is -2.40. The summed E-state index contributed by atoms with van der Waals surface area (Å²) in [5, 5.41) is 9.89. The maximum Gasteiger partial charge on any atom is 0.410 e. The van der Waals surface area contributed by atoms with Gasteiger partial charge < -0.3 is 15.0 Å². The maximum absolute atomic E-state index is 12.6. The molecule has 0 aliphatic carbocycles. The third kappa shape index (κ3) is 4.24. The van der Waals surface area contributed by atoms with Crippen LogP contribution in [0.2, 0.25) is 0 Å². The molecule has 1 aromatic heterocycles. The Bertz CT molecular complexity index is 824. The van der Waals surface area contributed by atoms with Gasteiger partial charge in [-0.1, -0.05) is 15.9 Å². The number of anilines is 1. The van der Waals surface area contributed by atoms with E-state index in [1.165, 1.54) is 0 Å². The summed E-state index contributed by atoms with van der Waals surface area (Å²) in [6.45, 7) is 6.31. The van der Waals surface area contributed by atoms with Crippen LogP contribution in [0.1, 0.15) is 42.5 Å². The van der Waals surface area contributed by atoms with Gasteiger partial charge in [0.15, 0.2) is 5.69 Å². The van der Waals surface area contributed by atoms with E-state index in [-0.39, 0.29) is 12.0 Å². The van der Waals surface area contributed by atoms with Gasteiger partial charge in [0.1, 0.15) is 5.60 Å². The topological polar surface area (TPSA) is 87.3 Å². The SMILES string of the molecule is CC(C)(C)OC(=O)N1CCc2[nH]nc(C(=O)Nc3ccc(Br)cc3)c2C1. The number of rotatable bonds is 2. The van der Waals surface area contributed by atoms with E-state index in [0.717, 1.165) is 15.7 Å². The molecule has 0 atom stereocenters. The average Bonchev–Trinajstić information content (AvgIpc) is 2.98. The van der Waals surface area contributed by atoms with Crippen molar-refractivity contribution < 1.29 is 14.3 Å². The molecule has 2 N–H and O–H groups in total. The van der Waals surface area contributed by atoms with Crippen molar-refractivity contribution in [3.05, 3.63) is 45.7 Å². The van der Waals surface area contributed by atoms with Gasteiger partial charge in [-0.3, -0.25) is 9.89 Å². The van der Waals surface area contributed by atoms with Crippen LogP contribution in [0.15, 0.2) is 28.7 Å². The van der Waals surface area contributed by atoms with Gasteiger partial charge in [0, 0.05) is 34.4 Å². The molecule has 2 aromatic rings. The lowest BCUT2D eigenvalue weighted by atomic mass is 10.1. The van der Waals surface area contributed by atoms with E-state index in [9.17, 15) is 9.59 Å². The second-order valence-electron chi connectivity index (χ2n) is 7.14. The summed E-state index contributed by atoms with van der Waals surface area (Å²) >= 11 is 3.36. The molecule has 0 spiro atoms. The summed E-state index contributed by atoms with van der Waals surface area (Å²) in [5.74, 6) is -0.309. The van der Waals surface area contributed by atoms with Crippen molar-refractivity contribution in [2.24, 2.45) is 0 Å². The van der Waals surface area contributed by atoms with E-state index < -0.39 is 5.60 Å². The number of hydrogen-bond donors (Lipinski definition) is 2. The minimum Gasteiger partial charge on any atom is -0.444 e. The second kappa shape index (κ2) is 7.11. The Morgan fingerprint density at radius 2 is 1.96 bits per heavy atom. The highest BCUT2D eigenvalue weighted by Gasteiger charge is 2.30. The van der Waals surface area contributed by atoms with Crippen LogP contribution in [-0.4, -0.2) is 39.2 Å². The number of aromatic nitrogens is 2. The molecule has 1 aliphatic heterocycles. The number of ether oxygens (including phenoxy) is 1. The summed E-state index contributed by atoms with van der Waals surface area (Å²) < 4.78 is 6.36. The molecule has 1 aliphatic rings. The van der Waals surface area contributed by atoms with Crippen LogP contribution in [0.5, 0.6) is 0 Å². The number of carbonyl (C=O) groups is 2. The summed E-state index contributed by atoms with van der Waals surface area (Å²) in [4.78, 5) is 26.5. The number of amides is 2. The van der Waals surface area contributed by atoms with Crippen LogP contribution in [0.3, 0.4) is 0 Å². The number of nitrogens with one attached hydrogen (secondary N) is 2. The molecule has 0 saturated carbocycles. The molecule has 7 nitrogen and oxygen atoms in total. The van der Waals surface area contributed by atoms with Crippen LogP contribution >= 0.6 is 15.9 Å². The van der Waals surface area contributed by atoms with Gasteiger partial charge in [0.05, 0.1) is 6.54 Å². The number of fused-ring (bicyclic) bond motifs is 1. The molecule has 8 heteroatoms. The van der Waals surface area contributed by atoms with E-state index in [2.05, 4.69) is 31.4 Å². The van der Waals surface area contributed by atoms with Gasteiger partial charge in [0.2, 0.25) is 0 Å². The molecule has 2 amide bonds. The molecule has 138 valence electrons. The van der Waals surface area contributed by atoms with Gasteiger partial charge in [-0.2, -0.15) is 5.10 Å². The quantitative estimate of drug-likeness (QED) is 0.774. The summed E-state index contributed by atoms with van der Waals surface area (Å²) in [6.07, 6.45) is 0.219. The number of H-pyrrole nitrogens is 1. The van der Waals surface area contributed by atoms with Gasteiger partial charge >= 0.3 is 6.09 Å². The van der Waals surface area contributed by atoms with E-state index in [1.54, 1.807) is 17.0 Å². The van der Waals surface area contributed by atoms with E-state index in [4.69, 9.17) is 4.74 Å². The predicted octanol–water partition coefficient (Wildman–Crippen LogP) is 3.72. The van der Waals surface area contributed by atoms with Crippen LogP contribution in [-0.2, 0) is 17.7 Å². The van der Waals surface area contributed by atoms with E-state index >= 15 is 0 Å². The molecule has 0 unspecified atom stereocenters. The van der Waals surface area contributed by atoms with Crippen LogP contribution in [0.4, 0.5) is 10.5 Å². The highest BCUT2D eigenvalue weighted by atomic mass is 79.9. The highest BCUT2D eigenvalue weighted by Crippen LogP contribution is 2.23. The van der Waals surface area contributed by atoms with Crippen molar-refractivity contribution in [2.45, 2.75) is 39.3 Å². The lowest BCUT2D eigenvalue weighted by molar-refractivity contribution is 0.0222. The van der Waals surface area contributed by atoms with Crippen molar-refractivity contribution in [1.29, 1.82) is 0 Å².